The van der Waals surface area contributed by atoms with Crippen molar-refractivity contribution in [3.63, 3.8) is 0 Å². The van der Waals surface area contributed by atoms with Crippen LogP contribution in [0.25, 0.3) is 10.2 Å². The summed E-state index contributed by atoms with van der Waals surface area (Å²) in [6, 6.07) is 11.9. The predicted molar refractivity (Wildman–Crippen MR) is 95.6 cm³/mol. The van der Waals surface area contributed by atoms with Gasteiger partial charge in [-0.3, -0.25) is 4.79 Å². The molecule has 0 aliphatic carbocycles. The van der Waals surface area contributed by atoms with Crippen LogP contribution >= 0.6 is 23.1 Å². The van der Waals surface area contributed by atoms with E-state index in [1.807, 2.05) is 48.7 Å². The number of amides is 1. The first-order valence-electron chi connectivity index (χ1n) is 7.44. The molecule has 4 nitrogen and oxygen atoms in total. The molecule has 2 aromatic heterocycles. The standard InChI is InChI=1S/C17H17N3OS2/c1-2-14(16(21)18-10-12-6-4-3-5-7-12)23-17-15-13(8-9-22-15)19-11-20-17/h3-9,11,14H,2,10H2,1H3,(H,18,21). The van der Waals surface area contributed by atoms with Gasteiger partial charge in [-0.2, -0.15) is 0 Å². The van der Waals surface area contributed by atoms with Crippen molar-refractivity contribution in [1.29, 1.82) is 0 Å². The van der Waals surface area contributed by atoms with Gasteiger partial charge in [0.2, 0.25) is 5.91 Å². The zero-order chi connectivity index (χ0) is 16.1. The maximum absolute atomic E-state index is 12.5. The van der Waals surface area contributed by atoms with E-state index in [9.17, 15) is 4.79 Å². The van der Waals surface area contributed by atoms with Crippen LogP contribution in [0.3, 0.4) is 0 Å². The van der Waals surface area contributed by atoms with Crippen molar-refractivity contribution in [3.05, 3.63) is 53.7 Å². The van der Waals surface area contributed by atoms with Crippen molar-refractivity contribution in [3.8, 4) is 0 Å². The van der Waals surface area contributed by atoms with Crippen LogP contribution in [0.2, 0.25) is 0 Å². The fraction of sp³-hybridized carbons (Fsp3) is 0.235. The Labute approximate surface area is 143 Å². The number of carbonyl (C=O) groups is 1. The van der Waals surface area contributed by atoms with Gasteiger partial charge in [-0.05, 0) is 23.4 Å². The number of rotatable bonds is 6. The summed E-state index contributed by atoms with van der Waals surface area (Å²) < 4.78 is 1.05. The van der Waals surface area contributed by atoms with Gasteiger partial charge in [0, 0.05) is 6.54 Å². The molecule has 1 amide bonds. The maximum Gasteiger partial charge on any atom is 0.233 e. The molecule has 1 unspecified atom stereocenters. The number of thioether (sulfide) groups is 1. The van der Waals surface area contributed by atoms with E-state index >= 15 is 0 Å². The molecule has 0 aliphatic rings. The van der Waals surface area contributed by atoms with Gasteiger partial charge < -0.3 is 5.32 Å². The minimum Gasteiger partial charge on any atom is -0.351 e. The SMILES string of the molecule is CCC(Sc1ncnc2ccsc12)C(=O)NCc1ccccc1. The summed E-state index contributed by atoms with van der Waals surface area (Å²) in [4.78, 5) is 21.0. The van der Waals surface area contributed by atoms with Crippen LogP contribution in [0.4, 0.5) is 0 Å². The van der Waals surface area contributed by atoms with Crippen LogP contribution in [0.5, 0.6) is 0 Å². The molecule has 1 aromatic carbocycles. The quantitative estimate of drug-likeness (QED) is 0.545. The average Bonchev–Trinajstić information content (AvgIpc) is 3.08. The molecule has 118 valence electrons. The Hall–Kier alpha value is -1.92. The van der Waals surface area contributed by atoms with Crippen LogP contribution in [-0.2, 0) is 11.3 Å². The van der Waals surface area contributed by atoms with Gasteiger partial charge in [0.15, 0.2) is 0 Å². The summed E-state index contributed by atoms with van der Waals surface area (Å²) >= 11 is 3.12. The van der Waals surface area contributed by atoms with Gasteiger partial charge in [-0.25, -0.2) is 9.97 Å². The second-order valence-electron chi connectivity index (χ2n) is 5.03. The average molecular weight is 343 g/mol. The number of hydrogen-bond donors (Lipinski definition) is 1. The lowest BCUT2D eigenvalue weighted by Crippen LogP contribution is -2.31. The molecule has 1 atom stereocenters. The maximum atomic E-state index is 12.5. The Kier molecular flexibility index (Phi) is 5.25. The molecule has 0 spiro atoms. The monoisotopic (exact) mass is 343 g/mol. The fourth-order valence-corrected chi connectivity index (χ4v) is 4.17. The van der Waals surface area contributed by atoms with E-state index in [0.717, 1.165) is 27.2 Å². The summed E-state index contributed by atoms with van der Waals surface area (Å²) in [6.45, 7) is 2.57. The van der Waals surface area contributed by atoms with E-state index in [-0.39, 0.29) is 11.2 Å². The number of fused-ring (bicyclic) bond motifs is 1. The largest absolute Gasteiger partial charge is 0.351 e. The van der Waals surface area contributed by atoms with Crippen molar-refractivity contribution >= 4 is 39.2 Å². The molecule has 1 N–H and O–H groups in total. The highest BCUT2D eigenvalue weighted by molar-refractivity contribution is 8.00. The van der Waals surface area contributed by atoms with Crippen LogP contribution in [-0.4, -0.2) is 21.1 Å². The molecule has 0 aliphatic heterocycles. The zero-order valence-electron chi connectivity index (χ0n) is 12.7. The van der Waals surface area contributed by atoms with E-state index in [2.05, 4.69) is 15.3 Å². The van der Waals surface area contributed by atoms with Gasteiger partial charge in [-0.1, -0.05) is 49.0 Å². The highest BCUT2D eigenvalue weighted by Crippen LogP contribution is 2.32. The second-order valence-corrected chi connectivity index (χ2v) is 7.14. The van der Waals surface area contributed by atoms with Crippen molar-refractivity contribution in [2.75, 3.05) is 0 Å². The van der Waals surface area contributed by atoms with Crippen molar-refractivity contribution in [1.82, 2.24) is 15.3 Å². The lowest BCUT2D eigenvalue weighted by atomic mass is 10.2. The minimum atomic E-state index is -0.154. The molecule has 0 bridgehead atoms. The highest BCUT2D eigenvalue weighted by atomic mass is 32.2. The Balaban J connectivity index is 1.67. The molecule has 3 aromatic rings. The van der Waals surface area contributed by atoms with Gasteiger partial charge in [0.05, 0.1) is 15.5 Å². The summed E-state index contributed by atoms with van der Waals surface area (Å²) in [5.41, 5.74) is 2.04. The van der Waals surface area contributed by atoms with E-state index in [1.165, 1.54) is 11.8 Å². The Morgan fingerprint density at radius 3 is 2.87 bits per heavy atom. The third-order valence-electron chi connectivity index (χ3n) is 3.44. The van der Waals surface area contributed by atoms with E-state index in [4.69, 9.17) is 0 Å². The van der Waals surface area contributed by atoms with Gasteiger partial charge in [0.1, 0.15) is 11.4 Å². The predicted octanol–water partition coefficient (Wildman–Crippen LogP) is 3.88. The zero-order valence-corrected chi connectivity index (χ0v) is 14.4. The summed E-state index contributed by atoms with van der Waals surface area (Å²) in [5.74, 6) is 0.0460. The number of carbonyl (C=O) groups excluding carboxylic acids is 1. The van der Waals surface area contributed by atoms with Gasteiger partial charge >= 0.3 is 0 Å². The Bertz CT molecular complexity index is 789. The van der Waals surface area contributed by atoms with Crippen molar-refractivity contribution in [2.45, 2.75) is 30.2 Å². The number of nitrogens with one attached hydrogen (secondary N) is 1. The van der Waals surface area contributed by atoms with Crippen LogP contribution < -0.4 is 5.32 Å². The Morgan fingerprint density at radius 2 is 2.09 bits per heavy atom. The van der Waals surface area contributed by atoms with Crippen LogP contribution in [0, 0.1) is 0 Å². The van der Waals surface area contributed by atoms with Crippen LogP contribution in [0.15, 0.2) is 53.1 Å². The molecule has 0 fully saturated rings. The minimum absolute atomic E-state index is 0.0460. The first kappa shape index (κ1) is 16.0. The second kappa shape index (κ2) is 7.57. The normalized spacial score (nSPS) is 12.2. The molecule has 23 heavy (non-hydrogen) atoms. The molecule has 2 heterocycles. The number of aromatic nitrogens is 2. The van der Waals surface area contributed by atoms with Crippen molar-refractivity contribution < 1.29 is 4.79 Å². The summed E-state index contributed by atoms with van der Waals surface area (Å²) in [6.07, 6.45) is 2.31. The number of nitrogens with zero attached hydrogens (tertiary/aromatic N) is 2. The van der Waals surface area contributed by atoms with Crippen molar-refractivity contribution in [2.24, 2.45) is 0 Å². The van der Waals surface area contributed by atoms with E-state index in [0.29, 0.717) is 6.54 Å². The summed E-state index contributed by atoms with van der Waals surface area (Å²) in [7, 11) is 0. The van der Waals surface area contributed by atoms with Gasteiger partial charge in [0.25, 0.3) is 0 Å². The molecular formula is C17H17N3OS2. The number of benzene rings is 1. The molecule has 0 saturated carbocycles. The lowest BCUT2D eigenvalue weighted by molar-refractivity contribution is -0.120. The van der Waals surface area contributed by atoms with Crippen LogP contribution in [0.1, 0.15) is 18.9 Å². The van der Waals surface area contributed by atoms with E-state index in [1.54, 1.807) is 17.7 Å². The number of thiophene rings is 1. The van der Waals surface area contributed by atoms with E-state index < -0.39 is 0 Å². The first-order valence-corrected chi connectivity index (χ1v) is 9.20. The van der Waals surface area contributed by atoms with Gasteiger partial charge in [-0.15, -0.1) is 11.3 Å². The molecule has 0 saturated heterocycles. The molecule has 0 radical (unpaired) electrons. The Morgan fingerprint density at radius 1 is 1.26 bits per heavy atom. The summed E-state index contributed by atoms with van der Waals surface area (Å²) in [5, 5.41) is 5.74. The molecule has 3 rings (SSSR count). The third-order valence-corrected chi connectivity index (χ3v) is 5.84. The number of hydrogen-bond acceptors (Lipinski definition) is 5. The molecule has 6 heteroatoms. The lowest BCUT2D eigenvalue weighted by Gasteiger charge is -2.14. The first-order chi connectivity index (χ1) is 11.3. The smallest absolute Gasteiger partial charge is 0.233 e. The third kappa shape index (κ3) is 3.89. The molecular weight excluding hydrogens is 326 g/mol. The highest BCUT2D eigenvalue weighted by Gasteiger charge is 2.20. The topological polar surface area (TPSA) is 54.9 Å². The fourth-order valence-electron chi connectivity index (χ4n) is 2.21.